The van der Waals surface area contributed by atoms with Crippen molar-refractivity contribution < 1.29 is 0 Å². The molecule has 2 aromatic heterocycles. The van der Waals surface area contributed by atoms with Crippen LogP contribution < -0.4 is 0 Å². The van der Waals surface area contributed by atoms with Gasteiger partial charge in [-0.2, -0.15) is 0 Å². The average molecular weight is 273 g/mol. The van der Waals surface area contributed by atoms with Gasteiger partial charge in [0.2, 0.25) is 0 Å². The third kappa shape index (κ3) is 1.82. The monoisotopic (exact) mass is 273 g/mol. The van der Waals surface area contributed by atoms with Crippen LogP contribution in [0.5, 0.6) is 0 Å². The second kappa shape index (κ2) is 4.42. The van der Waals surface area contributed by atoms with Crippen molar-refractivity contribution in [2.45, 2.75) is 13.5 Å². The lowest BCUT2D eigenvalue weighted by Crippen LogP contribution is -2.00. The van der Waals surface area contributed by atoms with Crippen LogP contribution in [0.4, 0.5) is 0 Å². The molecular formula is C18H15N3. The molecule has 0 radical (unpaired) electrons. The first-order valence-electron chi connectivity index (χ1n) is 7.02. The first-order valence-corrected chi connectivity index (χ1v) is 7.02. The van der Waals surface area contributed by atoms with Crippen molar-refractivity contribution in [2.75, 3.05) is 0 Å². The van der Waals surface area contributed by atoms with Gasteiger partial charge in [-0.1, -0.05) is 42.5 Å². The topological polar surface area (TPSA) is 30.7 Å². The van der Waals surface area contributed by atoms with Crippen molar-refractivity contribution in [1.29, 1.82) is 0 Å². The minimum atomic E-state index is 0.761. The smallest absolute Gasteiger partial charge is 0.160 e. The highest BCUT2D eigenvalue weighted by atomic mass is 15.1. The Kier molecular flexibility index (Phi) is 2.54. The van der Waals surface area contributed by atoms with E-state index in [9.17, 15) is 0 Å². The Bertz CT molecular complexity index is 995. The Morgan fingerprint density at radius 2 is 1.67 bits per heavy atom. The first-order chi connectivity index (χ1) is 10.2. The minimum absolute atomic E-state index is 0.761. The largest absolute Gasteiger partial charge is 0.320 e. The van der Waals surface area contributed by atoms with Crippen LogP contribution in [0.1, 0.15) is 6.92 Å². The number of nitrogens with zero attached hydrogens (tertiary/aromatic N) is 3. The number of aromatic nitrogens is 3. The molecule has 0 unspecified atom stereocenters. The van der Waals surface area contributed by atoms with Crippen molar-refractivity contribution >= 4 is 33.1 Å². The van der Waals surface area contributed by atoms with Gasteiger partial charge in [0.1, 0.15) is 5.52 Å². The van der Waals surface area contributed by atoms with Crippen molar-refractivity contribution in [3.8, 4) is 0 Å². The molecule has 0 saturated heterocycles. The van der Waals surface area contributed by atoms with Crippen LogP contribution in [0.3, 0.4) is 0 Å². The SMILES string of the molecule is C=C(C)Cn1c2ccccc2c2nc3ccccc3nc21. The Morgan fingerprint density at radius 3 is 2.43 bits per heavy atom. The van der Waals surface area contributed by atoms with E-state index in [1.54, 1.807) is 0 Å². The summed E-state index contributed by atoms with van der Waals surface area (Å²) >= 11 is 0. The van der Waals surface area contributed by atoms with Crippen molar-refractivity contribution in [3.05, 3.63) is 60.7 Å². The van der Waals surface area contributed by atoms with E-state index in [4.69, 9.17) is 9.97 Å². The van der Waals surface area contributed by atoms with E-state index >= 15 is 0 Å². The Labute approximate surface area is 122 Å². The molecule has 0 atom stereocenters. The maximum absolute atomic E-state index is 4.83. The summed E-state index contributed by atoms with van der Waals surface area (Å²) in [5, 5.41) is 1.15. The maximum atomic E-state index is 4.83. The molecule has 3 nitrogen and oxygen atoms in total. The zero-order valence-electron chi connectivity index (χ0n) is 11.9. The Balaban J connectivity index is 2.20. The summed E-state index contributed by atoms with van der Waals surface area (Å²) in [5.41, 5.74) is 6.01. The fourth-order valence-corrected chi connectivity index (χ4v) is 2.81. The molecule has 4 rings (SSSR count). The molecule has 0 spiro atoms. The molecule has 0 bridgehead atoms. The number of rotatable bonds is 2. The van der Waals surface area contributed by atoms with Gasteiger partial charge in [-0.3, -0.25) is 0 Å². The van der Waals surface area contributed by atoms with Crippen molar-refractivity contribution in [3.63, 3.8) is 0 Å². The molecule has 2 aromatic carbocycles. The average Bonchev–Trinajstić information content (AvgIpc) is 2.79. The predicted octanol–water partition coefficient (Wildman–Crippen LogP) is 4.31. The zero-order chi connectivity index (χ0) is 14.4. The molecule has 0 fully saturated rings. The van der Waals surface area contributed by atoms with Crippen LogP contribution in [0.25, 0.3) is 33.1 Å². The van der Waals surface area contributed by atoms with E-state index in [0.29, 0.717) is 0 Å². The normalized spacial score (nSPS) is 11.5. The van der Waals surface area contributed by atoms with E-state index in [1.165, 1.54) is 0 Å². The molecule has 0 N–H and O–H groups in total. The number of hydrogen-bond acceptors (Lipinski definition) is 2. The van der Waals surface area contributed by atoms with Crippen LogP contribution in [0, 0.1) is 0 Å². The van der Waals surface area contributed by atoms with Crippen molar-refractivity contribution in [1.82, 2.24) is 14.5 Å². The molecule has 3 heteroatoms. The molecule has 0 aliphatic rings. The second-order valence-electron chi connectivity index (χ2n) is 5.44. The third-order valence-electron chi connectivity index (χ3n) is 3.69. The summed E-state index contributed by atoms with van der Waals surface area (Å²) in [5.74, 6) is 0. The quantitative estimate of drug-likeness (QED) is 0.509. The minimum Gasteiger partial charge on any atom is -0.320 e. The van der Waals surface area contributed by atoms with Gasteiger partial charge in [0.15, 0.2) is 5.65 Å². The lowest BCUT2D eigenvalue weighted by atomic mass is 10.2. The summed E-state index contributed by atoms with van der Waals surface area (Å²) in [6.45, 7) is 6.83. The number of hydrogen-bond donors (Lipinski definition) is 0. The molecule has 4 aromatic rings. The van der Waals surface area contributed by atoms with Gasteiger partial charge in [-0.15, -0.1) is 0 Å². The van der Waals surface area contributed by atoms with Gasteiger partial charge in [-0.25, -0.2) is 9.97 Å². The van der Waals surface area contributed by atoms with Crippen LogP contribution in [-0.2, 0) is 6.54 Å². The summed E-state index contributed by atoms with van der Waals surface area (Å²) in [6, 6.07) is 16.3. The van der Waals surface area contributed by atoms with Crippen molar-refractivity contribution in [2.24, 2.45) is 0 Å². The summed E-state index contributed by atoms with van der Waals surface area (Å²) in [6.07, 6.45) is 0. The van der Waals surface area contributed by atoms with E-state index in [2.05, 4.69) is 29.3 Å². The van der Waals surface area contributed by atoms with Gasteiger partial charge in [0.25, 0.3) is 0 Å². The Hall–Kier alpha value is -2.68. The highest BCUT2D eigenvalue weighted by Crippen LogP contribution is 2.28. The zero-order valence-corrected chi connectivity index (χ0v) is 11.9. The lowest BCUT2D eigenvalue weighted by Gasteiger charge is -2.06. The Morgan fingerprint density at radius 1 is 1.00 bits per heavy atom. The molecular weight excluding hydrogens is 258 g/mol. The van der Waals surface area contributed by atoms with Crippen LogP contribution in [-0.4, -0.2) is 14.5 Å². The second-order valence-corrected chi connectivity index (χ2v) is 5.44. The van der Waals surface area contributed by atoms with E-state index in [1.807, 2.05) is 37.3 Å². The summed E-state index contributed by atoms with van der Waals surface area (Å²) in [7, 11) is 0. The molecule has 21 heavy (non-hydrogen) atoms. The number of para-hydroxylation sites is 3. The first kappa shape index (κ1) is 12.1. The maximum Gasteiger partial charge on any atom is 0.160 e. The molecule has 2 heterocycles. The highest BCUT2D eigenvalue weighted by molar-refractivity contribution is 6.06. The van der Waals surface area contributed by atoms with E-state index in [0.717, 1.165) is 45.2 Å². The van der Waals surface area contributed by atoms with E-state index in [-0.39, 0.29) is 0 Å². The third-order valence-corrected chi connectivity index (χ3v) is 3.69. The van der Waals surface area contributed by atoms with Crippen LogP contribution >= 0.6 is 0 Å². The number of allylic oxidation sites excluding steroid dienone is 1. The molecule has 0 aliphatic carbocycles. The highest BCUT2D eigenvalue weighted by Gasteiger charge is 2.13. The fourth-order valence-electron chi connectivity index (χ4n) is 2.81. The van der Waals surface area contributed by atoms with Gasteiger partial charge >= 0.3 is 0 Å². The van der Waals surface area contributed by atoms with Gasteiger partial charge in [0.05, 0.1) is 16.6 Å². The van der Waals surface area contributed by atoms with E-state index < -0.39 is 0 Å². The fraction of sp³-hybridized carbons (Fsp3) is 0.111. The molecule has 0 amide bonds. The summed E-state index contributed by atoms with van der Waals surface area (Å²) < 4.78 is 2.20. The summed E-state index contributed by atoms with van der Waals surface area (Å²) in [4.78, 5) is 9.65. The number of benzene rings is 2. The number of fused-ring (bicyclic) bond motifs is 4. The van der Waals surface area contributed by atoms with Gasteiger partial charge in [0, 0.05) is 11.9 Å². The molecule has 102 valence electrons. The predicted molar refractivity (Wildman–Crippen MR) is 87.4 cm³/mol. The molecule has 0 aliphatic heterocycles. The van der Waals surface area contributed by atoms with Crippen LogP contribution in [0.2, 0.25) is 0 Å². The van der Waals surface area contributed by atoms with Crippen LogP contribution in [0.15, 0.2) is 60.7 Å². The van der Waals surface area contributed by atoms with Gasteiger partial charge in [-0.05, 0) is 25.1 Å². The molecule has 0 saturated carbocycles. The lowest BCUT2D eigenvalue weighted by molar-refractivity contribution is 0.842. The van der Waals surface area contributed by atoms with Gasteiger partial charge < -0.3 is 4.57 Å². The standard InChI is InChI=1S/C18H15N3/c1-12(2)11-21-16-10-6-3-7-13(16)17-18(21)20-15-9-5-4-8-14(15)19-17/h3-10H,1,11H2,2H3.